The van der Waals surface area contributed by atoms with Crippen LogP contribution in [-0.4, -0.2) is 35.1 Å². The first-order chi connectivity index (χ1) is 8.74. The van der Waals surface area contributed by atoms with Crippen LogP contribution in [0.1, 0.15) is 48.5 Å². The number of aliphatic hydroxyl groups is 1. The fourth-order valence-corrected chi connectivity index (χ4v) is 3.00. The summed E-state index contributed by atoms with van der Waals surface area (Å²) in [5, 5.41) is 9.70. The van der Waals surface area contributed by atoms with E-state index in [1.54, 1.807) is 0 Å². The molecule has 2 rings (SSSR count). The first kappa shape index (κ1) is 13.1. The van der Waals surface area contributed by atoms with Gasteiger partial charge in [-0.25, -0.2) is 0 Å². The van der Waals surface area contributed by atoms with E-state index < -0.39 is 0 Å². The Morgan fingerprint density at radius 2 is 2.00 bits per heavy atom. The number of carbonyl (C=O) groups excluding carboxylic acids is 1. The van der Waals surface area contributed by atoms with Crippen molar-refractivity contribution in [1.82, 2.24) is 4.90 Å². The van der Waals surface area contributed by atoms with Crippen LogP contribution in [-0.2, 0) is 0 Å². The molecule has 1 aliphatic rings. The van der Waals surface area contributed by atoms with Crippen LogP contribution in [0.5, 0.6) is 0 Å². The lowest BCUT2D eigenvalue weighted by Gasteiger charge is -2.41. The topological polar surface area (TPSA) is 40.5 Å². The summed E-state index contributed by atoms with van der Waals surface area (Å²) in [5.41, 5.74) is 1.76. The third-order valence-electron chi connectivity index (χ3n) is 3.84. The number of amides is 1. The third-order valence-corrected chi connectivity index (χ3v) is 3.84. The van der Waals surface area contributed by atoms with Gasteiger partial charge >= 0.3 is 0 Å². The predicted octanol–water partition coefficient (Wildman–Crippen LogP) is 2.41. The van der Waals surface area contributed by atoms with E-state index in [4.69, 9.17) is 0 Å². The molecule has 98 valence electrons. The van der Waals surface area contributed by atoms with Crippen LogP contribution in [0.15, 0.2) is 24.3 Å². The van der Waals surface area contributed by atoms with Gasteiger partial charge in [0.2, 0.25) is 0 Å². The zero-order valence-corrected chi connectivity index (χ0v) is 11.1. The molecular weight excluding hydrogens is 226 g/mol. The zero-order valence-electron chi connectivity index (χ0n) is 11.1. The number of carbonyl (C=O) groups is 1. The normalized spacial score (nSPS) is 23.1. The smallest absolute Gasteiger partial charge is 0.254 e. The van der Waals surface area contributed by atoms with E-state index in [0.717, 1.165) is 24.0 Å². The van der Waals surface area contributed by atoms with E-state index in [-0.39, 0.29) is 24.5 Å². The zero-order chi connectivity index (χ0) is 13.1. The Bertz CT molecular complexity index is 430. The first-order valence-electron chi connectivity index (χ1n) is 6.75. The van der Waals surface area contributed by atoms with Gasteiger partial charge in [0, 0.05) is 24.1 Å². The molecule has 18 heavy (non-hydrogen) atoms. The SMILES string of the molecule is CCC[C@H]1[C@H](CO)c2ccccc2C(=O)N1CC. The minimum atomic E-state index is 0.0544. The van der Waals surface area contributed by atoms with Gasteiger partial charge in [-0.3, -0.25) is 4.79 Å². The lowest BCUT2D eigenvalue weighted by Crippen LogP contribution is -2.48. The predicted molar refractivity (Wildman–Crippen MR) is 71.7 cm³/mol. The van der Waals surface area contributed by atoms with Crippen LogP contribution in [0.3, 0.4) is 0 Å². The van der Waals surface area contributed by atoms with Gasteiger partial charge in [-0.1, -0.05) is 31.5 Å². The molecule has 0 aromatic heterocycles. The van der Waals surface area contributed by atoms with Crippen molar-refractivity contribution in [2.75, 3.05) is 13.2 Å². The van der Waals surface area contributed by atoms with E-state index >= 15 is 0 Å². The molecule has 0 spiro atoms. The highest BCUT2D eigenvalue weighted by atomic mass is 16.3. The summed E-state index contributed by atoms with van der Waals surface area (Å²) in [4.78, 5) is 14.3. The van der Waals surface area contributed by atoms with E-state index in [2.05, 4.69) is 6.92 Å². The van der Waals surface area contributed by atoms with E-state index in [1.165, 1.54) is 0 Å². The second kappa shape index (κ2) is 5.53. The minimum absolute atomic E-state index is 0.0544. The number of hydrogen-bond acceptors (Lipinski definition) is 2. The van der Waals surface area contributed by atoms with Crippen molar-refractivity contribution in [2.45, 2.75) is 38.6 Å². The lowest BCUT2D eigenvalue weighted by atomic mass is 9.81. The van der Waals surface area contributed by atoms with Crippen molar-refractivity contribution in [2.24, 2.45) is 0 Å². The van der Waals surface area contributed by atoms with Crippen LogP contribution in [0, 0.1) is 0 Å². The summed E-state index contributed by atoms with van der Waals surface area (Å²) in [6.45, 7) is 4.93. The van der Waals surface area contributed by atoms with Crippen LogP contribution in [0.2, 0.25) is 0 Å². The van der Waals surface area contributed by atoms with E-state index in [0.29, 0.717) is 6.54 Å². The Labute approximate surface area is 108 Å². The van der Waals surface area contributed by atoms with Gasteiger partial charge in [-0.15, -0.1) is 0 Å². The largest absolute Gasteiger partial charge is 0.396 e. The summed E-state index contributed by atoms with van der Waals surface area (Å²) in [7, 11) is 0. The van der Waals surface area contributed by atoms with Crippen molar-refractivity contribution < 1.29 is 9.90 Å². The Balaban J connectivity index is 2.47. The minimum Gasteiger partial charge on any atom is -0.396 e. The molecule has 0 saturated heterocycles. The van der Waals surface area contributed by atoms with Crippen molar-refractivity contribution >= 4 is 5.91 Å². The molecule has 0 bridgehead atoms. The van der Waals surface area contributed by atoms with E-state index in [9.17, 15) is 9.90 Å². The number of aliphatic hydroxyl groups excluding tert-OH is 1. The number of likely N-dealkylation sites (N-methyl/N-ethyl adjacent to an activating group) is 1. The third kappa shape index (κ3) is 2.03. The summed E-state index contributed by atoms with van der Waals surface area (Å²) >= 11 is 0. The van der Waals surface area contributed by atoms with Crippen molar-refractivity contribution in [3.63, 3.8) is 0 Å². The number of fused-ring (bicyclic) bond motifs is 1. The maximum absolute atomic E-state index is 12.4. The summed E-state index contributed by atoms with van der Waals surface area (Å²) in [6.07, 6.45) is 1.96. The monoisotopic (exact) mass is 247 g/mol. The Hall–Kier alpha value is -1.35. The number of hydrogen-bond donors (Lipinski definition) is 1. The molecule has 0 saturated carbocycles. The quantitative estimate of drug-likeness (QED) is 0.887. The van der Waals surface area contributed by atoms with Crippen LogP contribution >= 0.6 is 0 Å². The standard InChI is InChI=1S/C15H21NO2/c1-3-7-14-13(10-17)11-8-5-6-9-12(11)15(18)16(14)4-2/h5-6,8-9,13-14,17H,3-4,7,10H2,1-2H3/t13-,14+/m1/s1. The molecule has 1 aromatic carbocycles. The fraction of sp³-hybridized carbons (Fsp3) is 0.533. The molecule has 0 radical (unpaired) electrons. The van der Waals surface area contributed by atoms with Crippen LogP contribution in [0.4, 0.5) is 0 Å². The number of nitrogens with zero attached hydrogens (tertiary/aromatic N) is 1. The lowest BCUT2D eigenvalue weighted by molar-refractivity contribution is 0.0566. The van der Waals surface area contributed by atoms with Crippen molar-refractivity contribution in [1.29, 1.82) is 0 Å². The first-order valence-corrected chi connectivity index (χ1v) is 6.75. The van der Waals surface area contributed by atoms with E-state index in [1.807, 2.05) is 36.1 Å². The van der Waals surface area contributed by atoms with Gasteiger partial charge in [0.1, 0.15) is 0 Å². The van der Waals surface area contributed by atoms with Crippen LogP contribution < -0.4 is 0 Å². The van der Waals surface area contributed by atoms with Gasteiger partial charge in [0.05, 0.1) is 6.61 Å². The molecular formula is C15H21NO2. The maximum atomic E-state index is 12.4. The summed E-state index contributed by atoms with van der Waals surface area (Å²) in [5.74, 6) is 0.162. The van der Waals surface area contributed by atoms with Crippen molar-refractivity contribution in [3.05, 3.63) is 35.4 Å². The molecule has 1 amide bonds. The summed E-state index contributed by atoms with van der Waals surface area (Å²) in [6, 6.07) is 7.81. The molecule has 3 heteroatoms. The highest BCUT2D eigenvalue weighted by molar-refractivity contribution is 5.97. The van der Waals surface area contributed by atoms with Gasteiger partial charge in [0.15, 0.2) is 0 Å². The molecule has 1 aromatic rings. The molecule has 0 aliphatic carbocycles. The molecule has 0 unspecified atom stereocenters. The van der Waals surface area contributed by atoms with Crippen LogP contribution in [0.25, 0.3) is 0 Å². The summed E-state index contributed by atoms with van der Waals surface area (Å²) < 4.78 is 0. The second-order valence-corrected chi connectivity index (χ2v) is 4.82. The van der Waals surface area contributed by atoms with Gasteiger partial charge in [0.25, 0.3) is 5.91 Å². The number of benzene rings is 1. The van der Waals surface area contributed by atoms with Gasteiger partial charge in [-0.05, 0) is 25.0 Å². The number of rotatable bonds is 4. The average Bonchev–Trinajstić information content (AvgIpc) is 2.40. The van der Waals surface area contributed by atoms with Gasteiger partial charge < -0.3 is 10.0 Å². The molecule has 3 nitrogen and oxygen atoms in total. The molecule has 1 N–H and O–H groups in total. The van der Waals surface area contributed by atoms with Gasteiger partial charge in [-0.2, -0.15) is 0 Å². The molecule has 1 aliphatic heterocycles. The highest BCUT2D eigenvalue weighted by Crippen LogP contribution is 2.34. The Kier molecular flexibility index (Phi) is 4.02. The second-order valence-electron chi connectivity index (χ2n) is 4.82. The molecule has 1 heterocycles. The molecule has 2 atom stereocenters. The average molecular weight is 247 g/mol. The fourth-order valence-electron chi connectivity index (χ4n) is 3.00. The Morgan fingerprint density at radius 3 is 2.61 bits per heavy atom. The Morgan fingerprint density at radius 1 is 1.28 bits per heavy atom. The highest BCUT2D eigenvalue weighted by Gasteiger charge is 2.37. The maximum Gasteiger partial charge on any atom is 0.254 e. The van der Waals surface area contributed by atoms with Crippen molar-refractivity contribution in [3.8, 4) is 0 Å². The molecule has 0 fully saturated rings.